The molecule has 6 nitrogen and oxygen atoms in total. The summed E-state index contributed by atoms with van der Waals surface area (Å²) in [6.45, 7) is 2.36. The molecule has 0 saturated heterocycles. The van der Waals surface area contributed by atoms with Crippen molar-refractivity contribution in [3.63, 3.8) is 0 Å². The largest absolute Gasteiger partial charge is 0.493 e. The van der Waals surface area contributed by atoms with Crippen LogP contribution in [0.5, 0.6) is 17.2 Å². The van der Waals surface area contributed by atoms with Crippen molar-refractivity contribution in [3.8, 4) is 17.2 Å². The maximum absolute atomic E-state index is 11.6. The molecule has 1 atom stereocenters. The first-order valence-corrected chi connectivity index (χ1v) is 9.35. The zero-order chi connectivity index (χ0) is 18.8. The minimum atomic E-state index is -0.862. The van der Waals surface area contributed by atoms with Crippen LogP contribution in [0.2, 0.25) is 0 Å². The third kappa shape index (κ3) is 3.57. The normalized spacial score (nSPS) is 15.5. The molecule has 136 valence electrons. The Hall–Kier alpha value is -2.06. The van der Waals surface area contributed by atoms with E-state index < -0.39 is 11.0 Å². The monoisotopic (exact) mass is 483 g/mol. The summed E-state index contributed by atoms with van der Waals surface area (Å²) in [4.78, 5) is 11.2. The van der Waals surface area contributed by atoms with E-state index in [1.54, 1.807) is 24.3 Å². The molecule has 0 radical (unpaired) electrons. The maximum atomic E-state index is 11.6. The van der Waals surface area contributed by atoms with Crippen molar-refractivity contribution < 1.29 is 19.1 Å². The lowest BCUT2D eigenvalue weighted by Crippen LogP contribution is -2.20. The quantitative estimate of drug-likeness (QED) is 0.421. The van der Waals surface area contributed by atoms with Gasteiger partial charge in [-0.15, -0.1) is 0 Å². The molecule has 0 fully saturated rings. The zero-order valence-corrected chi connectivity index (χ0v) is 17.2. The molecule has 1 aliphatic heterocycles. The molecule has 2 aromatic rings. The fourth-order valence-corrected chi connectivity index (χ4v) is 4.09. The summed E-state index contributed by atoms with van der Waals surface area (Å²) in [5, 5.41) is 11.6. The van der Waals surface area contributed by atoms with E-state index in [0.717, 1.165) is 4.47 Å². The number of hydrogen-bond acceptors (Lipinski definition) is 5. The van der Waals surface area contributed by atoms with Crippen LogP contribution in [0.4, 0.5) is 0 Å². The van der Waals surface area contributed by atoms with Gasteiger partial charge in [0.05, 0.1) is 23.1 Å². The number of nitrogens with zero attached hydrogens (tertiary/aromatic N) is 1. The average molecular weight is 485 g/mol. The average Bonchev–Trinajstić information content (AvgIpc) is 2.61. The molecule has 3 rings (SSSR count). The molecule has 1 aliphatic rings. The summed E-state index contributed by atoms with van der Waals surface area (Å²) in [5.41, 5.74) is 1.19. The van der Waals surface area contributed by atoms with Crippen LogP contribution in [-0.4, -0.2) is 18.6 Å². The molecule has 0 aromatic heterocycles. The van der Waals surface area contributed by atoms with Crippen LogP contribution in [0, 0.1) is 10.1 Å². The summed E-state index contributed by atoms with van der Waals surface area (Å²) >= 11 is 6.84. The smallest absolute Gasteiger partial charge is 0.291 e. The van der Waals surface area contributed by atoms with E-state index in [1.807, 2.05) is 13.0 Å². The SMILES string of the molecule is CCOc1ccc([C@H]2Oc3c(Br)cc(Br)cc3C=C2[N+](=O)[O-])cc1OC. The molecule has 0 unspecified atom stereocenters. The standard InChI is InChI=1S/C18H15Br2NO5/c1-3-25-15-5-4-10(8-16(15)24-2)18-14(21(22)23)7-11-6-12(19)9-13(20)17(11)26-18/h4-9,18H,3H2,1-2H3/t18-/m1/s1. The Morgan fingerprint density at radius 1 is 1.23 bits per heavy atom. The maximum Gasteiger partial charge on any atom is 0.291 e. The number of methoxy groups -OCH3 is 1. The highest BCUT2D eigenvalue weighted by Gasteiger charge is 2.34. The molecule has 26 heavy (non-hydrogen) atoms. The highest BCUT2D eigenvalue weighted by molar-refractivity contribution is 9.11. The highest BCUT2D eigenvalue weighted by atomic mass is 79.9. The Morgan fingerprint density at radius 3 is 2.65 bits per heavy atom. The minimum absolute atomic E-state index is 0.0475. The number of nitro groups is 1. The lowest BCUT2D eigenvalue weighted by Gasteiger charge is -2.24. The Balaban J connectivity index is 2.09. The Labute approximate surface area is 167 Å². The van der Waals surface area contributed by atoms with Gasteiger partial charge >= 0.3 is 0 Å². The van der Waals surface area contributed by atoms with Crippen LogP contribution in [-0.2, 0) is 0 Å². The van der Waals surface area contributed by atoms with E-state index >= 15 is 0 Å². The van der Waals surface area contributed by atoms with E-state index in [0.29, 0.717) is 39.5 Å². The first kappa shape index (κ1) is 18.7. The highest BCUT2D eigenvalue weighted by Crippen LogP contribution is 2.44. The first-order chi connectivity index (χ1) is 12.4. The molecule has 0 aliphatic carbocycles. The van der Waals surface area contributed by atoms with E-state index in [-0.39, 0.29) is 5.70 Å². The summed E-state index contributed by atoms with van der Waals surface area (Å²) in [6.07, 6.45) is 0.668. The van der Waals surface area contributed by atoms with E-state index in [1.165, 1.54) is 13.2 Å². The topological polar surface area (TPSA) is 70.8 Å². The fraction of sp³-hybridized carbons (Fsp3) is 0.222. The molecule has 0 amide bonds. The number of ether oxygens (including phenoxy) is 3. The summed E-state index contributed by atoms with van der Waals surface area (Å²) in [6, 6.07) is 8.78. The van der Waals surface area contributed by atoms with Gasteiger partial charge in [0.25, 0.3) is 5.70 Å². The van der Waals surface area contributed by atoms with E-state index in [9.17, 15) is 10.1 Å². The second-order valence-corrected chi connectivity index (χ2v) is 7.24. The van der Waals surface area contributed by atoms with Crippen molar-refractivity contribution in [1.82, 2.24) is 0 Å². The van der Waals surface area contributed by atoms with Gasteiger partial charge in [0.2, 0.25) is 6.10 Å². The van der Waals surface area contributed by atoms with Gasteiger partial charge in [0, 0.05) is 21.7 Å². The van der Waals surface area contributed by atoms with Crippen molar-refractivity contribution in [1.29, 1.82) is 0 Å². The number of hydrogen-bond donors (Lipinski definition) is 0. The molecule has 8 heteroatoms. The minimum Gasteiger partial charge on any atom is -0.493 e. The summed E-state index contributed by atoms with van der Waals surface area (Å²) in [5.74, 6) is 1.62. The van der Waals surface area contributed by atoms with Gasteiger partial charge in [-0.05, 0) is 47.1 Å². The van der Waals surface area contributed by atoms with Gasteiger partial charge in [-0.2, -0.15) is 0 Å². The number of halogens is 2. The second kappa shape index (κ2) is 7.67. The predicted molar refractivity (Wildman–Crippen MR) is 104 cm³/mol. The molecule has 0 bridgehead atoms. The summed E-state index contributed by atoms with van der Waals surface area (Å²) in [7, 11) is 1.52. The van der Waals surface area contributed by atoms with Crippen LogP contribution in [0.25, 0.3) is 6.08 Å². The van der Waals surface area contributed by atoms with Gasteiger partial charge in [0.15, 0.2) is 11.5 Å². The molecular weight excluding hydrogens is 470 g/mol. The third-order valence-corrected chi connectivity index (χ3v) is 4.89. The lowest BCUT2D eigenvalue weighted by molar-refractivity contribution is -0.434. The fourth-order valence-electron chi connectivity index (χ4n) is 2.73. The van der Waals surface area contributed by atoms with Crippen LogP contribution >= 0.6 is 31.9 Å². The summed E-state index contributed by atoms with van der Waals surface area (Å²) < 4.78 is 18.4. The molecule has 2 aromatic carbocycles. The Bertz CT molecular complexity index is 897. The van der Waals surface area contributed by atoms with Crippen LogP contribution in [0.3, 0.4) is 0 Å². The molecule has 0 spiro atoms. The number of benzene rings is 2. The van der Waals surface area contributed by atoms with Crippen molar-refractivity contribution >= 4 is 37.9 Å². The van der Waals surface area contributed by atoms with Crippen LogP contribution in [0.1, 0.15) is 24.2 Å². The number of fused-ring (bicyclic) bond motifs is 1. The van der Waals surface area contributed by atoms with Gasteiger partial charge in [-0.25, -0.2) is 0 Å². The van der Waals surface area contributed by atoms with Gasteiger partial charge in [0.1, 0.15) is 5.75 Å². The van der Waals surface area contributed by atoms with Crippen molar-refractivity contribution in [3.05, 3.63) is 66.2 Å². The van der Waals surface area contributed by atoms with Gasteiger partial charge < -0.3 is 14.2 Å². The Morgan fingerprint density at radius 2 is 2.00 bits per heavy atom. The van der Waals surface area contributed by atoms with Crippen LogP contribution in [0.15, 0.2) is 45.0 Å². The molecule has 0 N–H and O–H groups in total. The third-order valence-electron chi connectivity index (χ3n) is 3.85. The van der Waals surface area contributed by atoms with Crippen molar-refractivity contribution in [2.24, 2.45) is 0 Å². The molecular formula is C18H15Br2NO5. The number of rotatable bonds is 5. The van der Waals surface area contributed by atoms with Gasteiger partial charge in [-0.3, -0.25) is 10.1 Å². The van der Waals surface area contributed by atoms with Crippen LogP contribution < -0.4 is 14.2 Å². The van der Waals surface area contributed by atoms with Crippen molar-refractivity contribution in [2.75, 3.05) is 13.7 Å². The first-order valence-electron chi connectivity index (χ1n) is 7.77. The van der Waals surface area contributed by atoms with Gasteiger partial charge in [-0.1, -0.05) is 22.0 Å². The van der Waals surface area contributed by atoms with E-state index in [4.69, 9.17) is 14.2 Å². The van der Waals surface area contributed by atoms with E-state index in [2.05, 4.69) is 31.9 Å². The Kier molecular flexibility index (Phi) is 5.52. The predicted octanol–water partition coefficient (Wildman–Crippen LogP) is 5.37. The molecule has 0 saturated carbocycles. The second-order valence-electron chi connectivity index (χ2n) is 5.47. The zero-order valence-electron chi connectivity index (χ0n) is 14.0. The van der Waals surface area contributed by atoms with Crippen molar-refractivity contribution in [2.45, 2.75) is 13.0 Å². The molecule has 1 heterocycles. The lowest BCUT2D eigenvalue weighted by atomic mass is 10.0.